The molecule has 1 fully saturated rings. The lowest BCUT2D eigenvalue weighted by molar-refractivity contribution is -0.153. The highest BCUT2D eigenvalue weighted by Gasteiger charge is 2.64. The van der Waals surface area contributed by atoms with Crippen molar-refractivity contribution in [2.45, 2.75) is 50.9 Å². The summed E-state index contributed by atoms with van der Waals surface area (Å²) in [4.78, 5) is 48.0. The van der Waals surface area contributed by atoms with Crippen molar-refractivity contribution in [2.24, 2.45) is 22.7 Å². The van der Waals surface area contributed by atoms with Gasteiger partial charge in [-0.05, 0) is 65.3 Å². The van der Waals surface area contributed by atoms with Crippen LogP contribution in [0.5, 0.6) is 5.75 Å². The van der Waals surface area contributed by atoms with Gasteiger partial charge in [0.2, 0.25) is 5.78 Å². The van der Waals surface area contributed by atoms with E-state index < -0.39 is 63.6 Å². The number of carbonyl (C=O) groups is 3. The Morgan fingerprint density at radius 2 is 1.80 bits per heavy atom. The third-order valence-corrected chi connectivity index (χ3v) is 7.73. The number of oxime groups is 1. The minimum Gasteiger partial charge on any atom is -0.508 e. The predicted molar refractivity (Wildman–Crippen MR) is 147 cm³/mol. The number of likely N-dealkylation sites (N-methyl/N-ethyl adjacent to an activating group) is 1. The van der Waals surface area contributed by atoms with Gasteiger partial charge in [0.15, 0.2) is 11.4 Å². The monoisotopic (exact) mass is 556 g/mol. The molecule has 0 bridgehead atoms. The first-order valence-electron chi connectivity index (χ1n) is 12.9. The number of aliphatic hydroxyl groups is 3. The molecule has 1 aromatic carbocycles. The second-order valence-electron chi connectivity index (χ2n) is 12.0. The Bertz CT molecular complexity index is 1400. The number of rotatable bonds is 5. The van der Waals surface area contributed by atoms with Gasteiger partial charge < -0.3 is 35.9 Å². The highest BCUT2D eigenvalue weighted by Crippen LogP contribution is 2.54. The van der Waals surface area contributed by atoms with E-state index >= 15 is 0 Å². The van der Waals surface area contributed by atoms with Crippen LogP contribution in [0.15, 0.2) is 28.1 Å². The maximum atomic E-state index is 14.0. The van der Waals surface area contributed by atoms with Crippen LogP contribution in [0.4, 0.5) is 5.69 Å². The van der Waals surface area contributed by atoms with E-state index in [1.54, 1.807) is 59.9 Å². The summed E-state index contributed by atoms with van der Waals surface area (Å²) in [5, 5.41) is 49.4. The fraction of sp³-hybridized carbons (Fsp3) is 0.500. The smallest absolute Gasteiger partial charge is 0.255 e. The maximum absolute atomic E-state index is 14.0. The number of fused-ring (bicyclic) bond motifs is 3. The summed E-state index contributed by atoms with van der Waals surface area (Å²) in [5.74, 6) is -6.97. The lowest BCUT2D eigenvalue weighted by atomic mass is 9.57. The summed E-state index contributed by atoms with van der Waals surface area (Å²) >= 11 is 0. The summed E-state index contributed by atoms with van der Waals surface area (Å²) in [5.41, 5.74) is 2.42. The molecule has 216 valence electrons. The Kier molecular flexibility index (Phi) is 7.00. The van der Waals surface area contributed by atoms with Crippen molar-refractivity contribution in [2.75, 3.05) is 33.1 Å². The molecular weight excluding hydrogens is 520 g/mol. The van der Waals surface area contributed by atoms with Crippen LogP contribution in [0, 0.1) is 11.8 Å². The molecule has 0 aromatic heterocycles. The summed E-state index contributed by atoms with van der Waals surface area (Å²) < 4.78 is 0. The van der Waals surface area contributed by atoms with Gasteiger partial charge in [0.25, 0.3) is 5.91 Å². The van der Waals surface area contributed by atoms with E-state index in [2.05, 4.69) is 5.16 Å². The molecule has 1 amide bonds. The van der Waals surface area contributed by atoms with Gasteiger partial charge in [0.05, 0.1) is 17.8 Å². The molecule has 3 aliphatic rings. The van der Waals surface area contributed by atoms with Gasteiger partial charge in [0.1, 0.15) is 28.4 Å². The van der Waals surface area contributed by atoms with Crippen LogP contribution in [-0.4, -0.2) is 94.4 Å². The average Bonchev–Trinajstić information content (AvgIpc) is 2.81. The molecule has 4 atom stereocenters. The Labute approximate surface area is 232 Å². The van der Waals surface area contributed by atoms with Gasteiger partial charge in [-0.3, -0.25) is 19.3 Å². The Balaban J connectivity index is 1.95. The lowest BCUT2D eigenvalue weighted by Gasteiger charge is -2.50. The fourth-order valence-electron chi connectivity index (χ4n) is 6.05. The number of ketones is 2. The number of anilines is 1. The summed E-state index contributed by atoms with van der Waals surface area (Å²) in [7, 11) is 6.69. The van der Waals surface area contributed by atoms with Crippen LogP contribution >= 0.6 is 0 Å². The molecule has 12 nitrogen and oxygen atoms in total. The van der Waals surface area contributed by atoms with Crippen molar-refractivity contribution < 1.29 is 39.6 Å². The van der Waals surface area contributed by atoms with Gasteiger partial charge >= 0.3 is 0 Å². The van der Waals surface area contributed by atoms with Gasteiger partial charge in [-0.15, -0.1) is 0 Å². The first-order valence-corrected chi connectivity index (χ1v) is 12.9. The van der Waals surface area contributed by atoms with E-state index in [1.165, 1.54) is 11.1 Å². The molecule has 1 saturated carbocycles. The van der Waals surface area contributed by atoms with Crippen molar-refractivity contribution in [3.8, 4) is 5.75 Å². The molecule has 0 heterocycles. The Morgan fingerprint density at radius 3 is 2.33 bits per heavy atom. The molecule has 3 aliphatic carbocycles. The normalized spacial score (nSPS) is 26.7. The number of benzene rings is 1. The van der Waals surface area contributed by atoms with Crippen molar-refractivity contribution in [3.63, 3.8) is 0 Å². The zero-order chi connectivity index (χ0) is 30.1. The predicted octanol–water partition coefficient (Wildman–Crippen LogP) is 1.18. The number of nitrogens with two attached hydrogens (primary N) is 1. The highest BCUT2D eigenvalue weighted by molar-refractivity contribution is 6.24. The fourth-order valence-corrected chi connectivity index (χ4v) is 6.05. The molecule has 0 spiro atoms. The van der Waals surface area contributed by atoms with Gasteiger partial charge in [0, 0.05) is 36.8 Å². The Morgan fingerprint density at radius 1 is 1.18 bits per heavy atom. The summed E-state index contributed by atoms with van der Waals surface area (Å²) in [6.45, 7) is 5.41. The van der Waals surface area contributed by atoms with Gasteiger partial charge in [-0.25, -0.2) is 0 Å². The van der Waals surface area contributed by atoms with Crippen molar-refractivity contribution >= 4 is 35.1 Å². The number of aliphatic hydroxyl groups excluding tert-OH is 2. The molecule has 6 N–H and O–H groups in total. The highest BCUT2D eigenvalue weighted by atomic mass is 16.6. The lowest BCUT2D eigenvalue weighted by Crippen LogP contribution is -2.65. The SMILES string of the molecule is CN(C)c1cc(/C=N/OC(C)(C)C)c(O)c2c1C[C@H]1C[C@H]3[C@H](N(C)C)C(=O)C(C(N)=O)=C(O)[C@@]3(O)C(=O)C1=C2O. The standard InChI is InChI=1S/C28H36N4O8/c1-27(2,3)40-30-11-13-10-16(31(4)5)14-8-12-9-15-20(32(6)7)23(35)19(26(29)38)25(37)28(15,39)24(36)17(12)22(34)18(14)21(13)33/h10-12,15,20,33-34,37,39H,8-9H2,1-7H3,(H2,29,38)/b30-11+/t12-,15-,20-,28-/m0/s1. The van der Waals surface area contributed by atoms with Crippen molar-refractivity contribution in [3.05, 3.63) is 39.7 Å². The zero-order valence-corrected chi connectivity index (χ0v) is 23.6. The first-order chi connectivity index (χ1) is 18.4. The number of aromatic hydroxyl groups is 1. The number of carbonyl (C=O) groups excluding carboxylic acids is 3. The molecule has 12 heteroatoms. The van der Waals surface area contributed by atoms with E-state index in [-0.39, 0.29) is 35.3 Å². The number of nitrogens with zero attached hydrogens (tertiary/aromatic N) is 3. The maximum Gasteiger partial charge on any atom is 0.255 e. The molecule has 40 heavy (non-hydrogen) atoms. The molecule has 0 unspecified atom stereocenters. The quantitative estimate of drug-likeness (QED) is 0.200. The minimum absolute atomic E-state index is 0.0142. The second kappa shape index (κ2) is 9.63. The summed E-state index contributed by atoms with van der Waals surface area (Å²) in [6, 6.07) is 0.546. The van der Waals surface area contributed by atoms with Crippen molar-refractivity contribution in [1.29, 1.82) is 0 Å². The van der Waals surface area contributed by atoms with Crippen LogP contribution in [0.1, 0.15) is 43.9 Å². The number of primary amides is 1. The number of hydrogen-bond donors (Lipinski definition) is 5. The third-order valence-electron chi connectivity index (χ3n) is 7.73. The Hall–Kier alpha value is -3.90. The molecule has 0 radical (unpaired) electrons. The molecule has 0 saturated heterocycles. The molecular formula is C28H36N4O8. The second-order valence-corrected chi connectivity index (χ2v) is 12.0. The third kappa shape index (κ3) is 4.31. The summed E-state index contributed by atoms with van der Waals surface area (Å²) in [6.07, 6.45) is 1.50. The van der Waals surface area contributed by atoms with Crippen LogP contribution < -0.4 is 10.6 Å². The van der Waals surface area contributed by atoms with Crippen LogP contribution in [0.25, 0.3) is 5.76 Å². The van der Waals surface area contributed by atoms with E-state index in [1.807, 2.05) is 0 Å². The van der Waals surface area contributed by atoms with E-state index in [0.717, 1.165) is 0 Å². The van der Waals surface area contributed by atoms with Crippen LogP contribution in [0.2, 0.25) is 0 Å². The van der Waals surface area contributed by atoms with Gasteiger partial charge in [-0.2, -0.15) is 0 Å². The average molecular weight is 557 g/mol. The van der Waals surface area contributed by atoms with E-state index in [9.17, 15) is 34.8 Å². The first kappa shape index (κ1) is 29.1. The van der Waals surface area contributed by atoms with Crippen LogP contribution in [-0.2, 0) is 25.6 Å². The van der Waals surface area contributed by atoms with Crippen molar-refractivity contribution in [1.82, 2.24) is 4.90 Å². The molecule has 4 rings (SSSR count). The van der Waals surface area contributed by atoms with Crippen LogP contribution in [0.3, 0.4) is 0 Å². The number of amides is 1. The topological polar surface area (TPSA) is 186 Å². The van der Waals surface area contributed by atoms with Gasteiger partial charge in [-0.1, -0.05) is 5.16 Å². The minimum atomic E-state index is -2.69. The largest absolute Gasteiger partial charge is 0.508 e. The van der Waals surface area contributed by atoms with E-state index in [4.69, 9.17) is 10.6 Å². The number of phenols is 1. The number of phenolic OH excluding ortho intramolecular Hbond substituents is 1. The number of hydrogen-bond acceptors (Lipinski definition) is 11. The zero-order valence-electron chi connectivity index (χ0n) is 23.6. The number of Topliss-reactive ketones (excluding diaryl/α,β-unsaturated/α-hetero) is 2. The molecule has 1 aromatic rings. The van der Waals surface area contributed by atoms with E-state index in [0.29, 0.717) is 11.3 Å². The molecule has 0 aliphatic heterocycles.